The fourth-order valence-electron chi connectivity index (χ4n) is 1.78. The molecule has 0 aliphatic carbocycles. The van der Waals surface area contributed by atoms with Crippen molar-refractivity contribution in [2.45, 2.75) is 19.8 Å². The molecule has 76 valence electrons. The highest BCUT2D eigenvalue weighted by Gasteiger charge is 2.10. The molecule has 2 heterocycles. The fourth-order valence-corrected chi connectivity index (χ4v) is 1.78. The molecule has 2 heteroatoms. The maximum Gasteiger partial charge on any atom is 0.122 e. The monoisotopic (exact) mass is 191 g/mol. The Morgan fingerprint density at radius 2 is 2.43 bits per heavy atom. The summed E-state index contributed by atoms with van der Waals surface area (Å²) >= 11 is 0. The maximum absolute atomic E-state index is 5.56. The minimum absolute atomic E-state index is 0.686. The van der Waals surface area contributed by atoms with Gasteiger partial charge in [-0.1, -0.05) is 6.08 Å². The van der Waals surface area contributed by atoms with E-state index in [0.29, 0.717) is 5.92 Å². The Bertz CT molecular complexity index is 283. The Labute approximate surface area is 85.3 Å². The van der Waals surface area contributed by atoms with Gasteiger partial charge in [0.05, 0.1) is 5.76 Å². The van der Waals surface area contributed by atoms with Gasteiger partial charge in [0, 0.05) is 6.54 Å². The summed E-state index contributed by atoms with van der Waals surface area (Å²) in [4.78, 5) is 0. The topological polar surface area (TPSA) is 21.3 Å². The Morgan fingerprint density at radius 3 is 3.14 bits per heavy atom. The zero-order valence-electron chi connectivity index (χ0n) is 8.62. The SMILES string of the molecule is CC1=CCC=C(C=CC2CCNC2)O1. The van der Waals surface area contributed by atoms with Gasteiger partial charge in [-0.3, -0.25) is 0 Å². The van der Waals surface area contributed by atoms with Gasteiger partial charge < -0.3 is 10.1 Å². The third-order valence-corrected chi connectivity index (χ3v) is 2.63. The summed E-state index contributed by atoms with van der Waals surface area (Å²) in [6.45, 7) is 4.25. The molecular weight excluding hydrogens is 174 g/mol. The van der Waals surface area contributed by atoms with Gasteiger partial charge in [0.1, 0.15) is 5.76 Å². The van der Waals surface area contributed by atoms with E-state index >= 15 is 0 Å². The molecule has 0 aromatic heterocycles. The van der Waals surface area contributed by atoms with Crippen molar-refractivity contribution in [1.82, 2.24) is 5.32 Å². The molecule has 0 spiro atoms. The quantitative estimate of drug-likeness (QED) is 0.723. The Hall–Kier alpha value is -1.02. The second-order valence-corrected chi connectivity index (χ2v) is 3.87. The second-order valence-electron chi connectivity index (χ2n) is 3.87. The number of nitrogens with one attached hydrogen (secondary N) is 1. The van der Waals surface area contributed by atoms with Crippen LogP contribution in [0.15, 0.2) is 35.8 Å². The van der Waals surface area contributed by atoms with Crippen LogP contribution in [0, 0.1) is 5.92 Å². The molecule has 0 aromatic carbocycles. The second kappa shape index (κ2) is 4.47. The number of allylic oxidation sites excluding steroid dienone is 4. The summed E-state index contributed by atoms with van der Waals surface area (Å²) in [6, 6.07) is 0. The van der Waals surface area contributed by atoms with Gasteiger partial charge in [0.15, 0.2) is 0 Å². The van der Waals surface area contributed by atoms with Crippen LogP contribution in [-0.4, -0.2) is 13.1 Å². The van der Waals surface area contributed by atoms with E-state index in [2.05, 4.69) is 29.6 Å². The maximum atomic E-state index is 5.56. The van der Waals surface area contributed by atoms with Crippen LogP contribution in [0.5, 0.6) is 0 Å². The number of hydrogen-bond donors (Lipinski definition) is 1. The van der Waals surface area contributed by atoms with Crippen molar-refractivity contribution in [3.05, 3.63) is 35.8 Å². The summed E-state index contributed by atoms with van der Waals surface area (Å²) in [5.74, 6) is 2.69. The van der Waals surface area contributed by atoms with Gasteiger partial charge >= 0.3 is 0 Å². The van der Waals surface area contributed by atoms with Crippen LogP contribution >= 0.6 is 0 Å². The molecule has 2 aliphatic rings. The molecule has 0 saturated carbocycles. The van der Waals surface area contributed by atoms with Crippen LogP contribution in [0.1, 0.15) is 19.8 Å². The number of ether oxygens (including phenoxy) is 1. The minimum atomic E-state index is 0.686. The van der Waals surface area contributed by atoms with Gasteiger partial charge in [-0.15, -0.1) is 0 Å². The molecule has 1 saturated heterocycles. The molecule has 2 rings (SSSR count). The standard InChI is InChI=1S/C12H17NO/c1-10-3-2-4-12(14-10)6-5-11-7-8-13-9-11/h3-6,11,13H,2,7-9H2,1H3. The van der Waals surface area contributed by atoms with E-state index in [1.54, 1.807) is 0 Å². The molecule has 0 amide bonds. The minimum Gasteiger partial charge on any atom is -0.463 e. The van der Waals surface area contributed by atoms with Gasteiger partial charge in [0.2, 0.25) is 0 Å². The third-order valence-electron chi connectivity index (χ3n) is 2.63. The van der Waals surface area contributed by atoms with E-state index in [-0.39, 0.29) is 0 Å². The van der Waals surface area contributed by atoms with Crippen LogP contribution in [0.25, 0.3) is 0 Å². The molecule has 1 fully saturated rings. The third kappa shape index (κ3) is 2.48. The van der Waals surface area contributed by atoms with Crippen molar-refractivity contribution in [1.29, 1.82) is 0 Å². The lowest BCUT2D eigenvalue weighted by Gasteiger charge is -2.11. The highest BCUT2D eigenvalue weighted by atomic mass is 16.5. The van der Waals surface area contributed by atoms with E-state index in [1.807, 2.05) is 6.92 Å². The normalized spacial score (nSPS) is 27.4. The lowest BCUT2D eigenvalue weighted by Crippen LogP contribution is -2.07. The van der Waals surface area contributed by atoms with E-state index in [1.165, 1.54) is 6.42 Å². The van der Waals surface area contributed by atoms with Gasteiger partial charge in [0.25, 0.3) is 0 Å². The first kappa shape index (κ1) is 9.53. The van der Waals surface area contributed by atoms with E-state index in [0.717, 1.165) is 31.0 Å². The van der Waals surface area contributed by atoms with Gasteiger partial charge in [-0.2, -0.15) is 0 Å². The van der Waals surface area contributed by atoms with Crippen LogP contribution < -0.4 is 5.32 Å². The van der Waals surface area contributed by atoms with E-state index in [4.69, 9.17) is 4.74 Å². The average molecular weight is 191 g/mol. The fraction of sp³-hybridized carbons (Fsp3) is 0.500. The van der Waals surface area contributed by atoms with Crippen molar-refractivity contribution >= 4 is 0 Å². The molecule has 2 aliphatic heterocycles. The predicted octanol–water partition coefficient (Wildman–Crippen LogP) is 2.36. The van der Waals surface area contributed by atoms with Gasteiger partial charge in [-0.25, -0.2) is 0 Å². The van der Waals surface area contributed by atoms with Crippen molar-refractivity contribution in [2.24, 2.45) is 5.92 Å². The van der Waals surface area contributed by atoms with Crippen molar-refractivity contribution < 1.29 is 4.74 Å². The van der Waals surface area contributed by atoms with Crippen molar-refractivity contribution in [3.63, 3.8) is 0 Å². The molecule has 0 radical (unpaired) electrons. The smallest absolute Gasteiger partial charge is 0.122 e. The summed E-state index contributed by atoms with van der Waals surface area (Å²) in [5, 5.41) is 3.35. The first-order valence-corrected chi connectivity index (χ1v) is 5.28. The van der Waals surface area contributed by atoms with E-state index < -0.39 is 0 Å². The zero-order chi connectivity index (χ0) is 9.80. The summed E-state index contributed by atoms with van der Waals surface area (Å²) in [7, 11) is 0. The van der Waals surface area contributed by atoms with Gasteiger partial charge in [-0.05, 0) is 50.5 Å². The first-order chi connectivity index (χ1) is 6.84. The molecule has 1 N–H and O–H groups in total. The highest BCUT2D eigenvalue weighted by Crippen LogP contribution is 2.17. The van der Waals surface area contributed by atoms with Crippen LogP contribution in [0.3, 0.4) is 0 Å². The first-order valence-electron chi connectivity index (χ1n) is 5.28. The summed E-state index contributed by atoms with van der Waals surface area (Å²) in [5.41, 5.74) is 0. The van der Waals surface area contributed by atoms with Crippen LogP contribution in [0.2, 0.25) is 0 Å². The lowest BCUT2D eigenvalue weighted by atomic mass is 10.1. The molecule has 0 bridgehead atoms. The zero-order valence-corrected chi connectivity index (χ0v) is 8.62. The van der Waals surface area contributed by atoms with Crippen LogP contribution in [0.4, 0.5) is 0 Å². The predicted molar refractivity (Wildman–Crippen MR) is 57.7 cm³/mol. The molecular formula is C12H17NO. The van der Waals surface area contributed by atoms with Crippen molar-refractivity contribution in [3.8, 4) is 0 Å². The highest BCUT2D eigenvalue weighted by molar-refractivity contribution is 5.20. The molecule has 2 nitrogen and oxygen atoms in total. The van der Waals surface area contributed by atoms with Crippen LogP contribution in [-0.2, 0) is 4.74 Å². The molecule has 1 unspecified atom stereocenters. The molecule has 1 atom stereocenters. The van der Waals surface area contributed by atoms with E-state index in [9.17, 15) is 0 Å². The number of hydrogen-bond acceptors (Lipinski definition) is 2. The lowest BCUT2D eigenvalue weighted by molar-refractivity contribution is 0.312. The largest absolute Gasteiger partial charge is 0.463 e. The molecule has 14 heavy (non-hydrogen) atoms. The number of rotatable bonds is 2. The summed E-state index contributed by atoms with van der Waals surface area (Å²) < 4.78 is 5.56. The van der Waals surface area contributed by atoms with Crippen molar-refractivity contribution in [2.75, 3.05) is 13.1 Å². The Morgan fingerprint density at radius 1 is 1.50 bits per heavy atom. The molecule has 0 aromatic rings. The average Bonchev–Trinajstić information content (AvgIpc) is 2.67. The Balaban J connectivity index is 1.87. The summed E-state index contributed by atoms with van der Waals surface area (Å²) in [6.07, 6.45) is 10.8. The Kier molecular flexibility index (Phi) is 3.04.